The number of nitrogens with one attached hydrogen (secondary N) is 1. The van der Waals surface area contributed by atoms with Crippen molar-refractivity contribution in [3.63, 3.8) is 0 Å². The number of rotatable bonds is 5. The van der Waals surface area contributed by atoms with E-state index < -0.39 is 6.10 Å². The van der Waals surface area contributed by atoms with Crippen LogP contribution in [0, 0.1) is 0 Å². The van der Waals surface area contributed by atoms with E-state index in [0.717, 1.165) is 28.1 Å². The van der Waals surface area contributed by atoms with Gasteiger partial charge in [-0.25, -0.2) is 0 Å². The Hall–Kier alpha value is -3.85. The normalized spacial score (nSPS) is 17.1. The molecular formula is C27H21NO2. The molecule has 4 aromatic carbocycles. The highest BCUT2D eigenvalue weighted by molar-refractivity contribution is 6.01. The van der Waals surface area contributed by atoms with Crippen LogP contribution >= 0.6 is 0 Å². The molecule has 0 amide bonds. The number of hydrogen-bond acceptors (Lipinski definition) is 3. The first-order valence-electron chi connectivity index (χ1n) is 10.1. The molecule has 5 rings (SSSR count). The first-order valence-corrected chi connectivity index (χ1v) is 10.1. The van der Waals surface area contributed by atoms with Crippen molar-refractivity contribution in [1.29, 1.82) is 0 Å². The first kappa shape index (κ1) is 18.2. The summed E-state index contributed by atoms with van der Waals surface area (Å²) in [6, 6.07) is 35.4. The van der Waals surface area contributed by atoms with Crippen LogP contribution in [0.1, 0.15) is 22.0 Å². The maximum Gasteiger partial charge on any atom is 0.205 e. The molecule has 146 valence electrons. The van der Waals surface area contributed by atoms with Gasteiger partial charge in [-0.05, 0) is 29.3 Å². The molecule has 2 atom stereocenters. The maximum absolute atomic E-state index is 13.4. The van der Waals surface area contributed by atoms with E-state index in [1.165, 1.54) is 0 Å². The third kappa shape index (κ3) is 3.46. The van der Waals surface area contributed by atoms with Gasteiger partial charge in [-0.2, -0.15) is 0 Å². The predicted molar refractivity (Wildman–Crippen MR) is 120 cm³/mol. The van der Waals surface area contributed by atoms with Crippen LogP contribution in [0.25, 0.3) is 11.1 Å². The van der Waals surface area contributed by atoms with Gasteiger partial charge in [0.15, 0.2) is 6.10 Å². The Bertz CT molecular complexity index is 1150. The first-order chi connectivity index (χ1) is 14.8. The summed E-state index contributed by atoms with van der Waals surface area (Å²) in [5, 5.41) is 3.49. The number of ketones is 1. The number of para-hydroxylation sites is 2. The minimum absolute atomic E-state index is 0.0285. The zero-order chi connectivity index (χ0) is 20.3. The van der Waals surface area contributed by atoms with Crippen molar-refractivity contribution >= 4 is 11.5 Å². The summed E-state index contributed by atoms with van der Waals surface area (Å²) in [5.74, 6) is 0.726. The fraction of sp³-hybridized carbons (Fsp3) is 0.0741. The Morgan fingerprint density at radius 1 is 0.667 bits per heavy atom. The molecule has 0 aliphatic carbocycles. The van der Waals surface area contributed by atoms with Crippen molar-refractivity contribution < 1.29 is 9.53 Å². The van der Waals surface area contributed by atoms with Gasteiger partial charge in [0.1, 0.15) is 5.75 Å². The Kier molecular flexibility index (Phi) is 4.78. The molecule has 0 spiro atoms. The third-order valence-corrected chi connectivity index (χ3v) is 5.44. The molecule has 3 nitrogen and oxygen atoms in total. The van der Waals surface area contributed by atoms with Gasteiger partial charge in [0.05, 0.1) is 6.04 Å². The largest absolute Gasteiger partial charge is 0.479 e. The summed E-state index contributed by atoms with van der Waals surface area (Å²) in [7, 11) is 0. The SMILES string of the molecule is O=C(c1ccc(-c2ccccc2)cc1)C1Oc2ccccc2C1Nc1ccccc1. The van der Waals surface area contributed by atoms with Crippen LogP contribution in [-0.4, -0.2) is 11.9 Å². The van der Waals surface area contributed by atoms with Crippen molar-refractivity contribution in [3.05, 3.63) is 120 Å². The van der Waals surface area contributed by atoms with Crippen molar-refractivity contribution in [1.82, 2.24) is 0 Å². The predicted octanol–water partition coefficient (Wildman–Crippen LogP) is 6.15. The molecule has 1 heterocycles. The van der Waals surface area contributed by atoms with E-state index >= 15 is 0 Å². The lowest BCUT2D eigenvalue weighted by Gasteiger charge is -2.21. The van der Waals surface area contributed by atoms with Gasteiger partial charge in [0.25, 0.3) is 0 Å². The summed E-state index contributed by atoms with van der Waals surface area (Å²) >= 11 is 0. The second-order valence-corrected chi connectivity index (χ2v) is 7.37. The van der Waals surface area contributed by atoms with Crippen LogP contribution in [0.5, 0.6) is 5.75 Å². The standard InChI is InChI=1S/C27H21NO2/c29-26(21-17-15-20(16-18-21)19-9-3-1-4-10-19)27-25(28-22-11-5-2-6-12-22)23-13-7-8-14-24(23)30-27/h1-18,25,27-28H. The molecule has 2 unspecified atom stereocenters. The minimum atomic E-state index is -0.620. The molecule has 0 aromatic heterocycles. The Morgan fingerprint density at radius 2 is 1.27 bits per heavy atom. The number of Topliss-reactive ketones (excluding diaryl/α,β-unsaturated/α-hetero) is 1. The zero-order valence-electron chi connectivity index (χ0n) is 16.4. The van der Waals surface area contributed by atoms with Crippen LogP contribution in [0.2, 0.25) is 0 Å². The smallest absolute Gasteiger partial charge is 0.205 e. The highest BCUT2D eigenvalue weighted by Crippen LogP contribution is 2.39. The fourth-order valence-electron chi connectivity index (χ4n) is 3.91. The van der Waals surface area contributed by atoms with E-state index in [1.54, 1.807) is 0 Å². The highest BCUT2D eigenvalue weighted by Gasteiger charge is 2.39. The average molecular weight is 391 g/mol. The molecule has 0 fully saturated rings. The number of carbonyl (C=O) groups is 1. The second kappa shape index (κ2) is 7.88. The number of anilines is 1. The Labute approximate surface area is 176 Å². The summed E-state index contributed by atoms with van der Waals surface area (Å²) in [6.07, 6.45) is -0.620. The summed E-state index contributed by atoms with van der Waals surface area (Å²) in [6.45, 7) is 0. The van der Waals surface area contributed by atoms with Crippen molar-refractivity contribution in [3.8, 4) is 16.9 Å². The quantitative estimate of drug-likeness (QED) is 0.415. The molecule has 0 saturated heterocycles. The van der Waals surface area contributed by atoms with Crippen molar-refractivity contribution in [2.24, 2.45) is 0 Å². The lowest BCUT2D eigenvalue weighted by molar-refractivity contribution is 0.0802. The van der Waals surface area contributed by atoms with E-state index in [9.17, 15) is 4.79 Å². The van der Waals surface area contributed by atoms with Crippen LogP contribution in [-0.2, 0) is 0 Å². The zero-order valence-corrected chi connectivity index (χ0v) is 16.4. The summed E-state index contributed by atoms with van der Waals surface area (Å²) in [5.41, 5.74) is 4.82. The fourth-order valence-corrected chi connectivity index (χ4v) is 3.91. The molecule has 4 aromatic rings. The van der Waals surface area contributed by atoms with Crippen molar-refractivity contribution in [2.75, 3.05) is 5.32 Å². The number of fused-ring (bicyclic) bond motifs is 1. The van der Waals surface area contributed by atoms with Crippen LogP contribution in [0.3, 0.4) is 0 Å². The Balaban J connectivity index is 1.44. The molecule has 3 heteroatoms. The number of hydrogen-bond donors (Lipinski definition) is 1. The average Bonchev–Trinajstić information content (AvgIpc) is 3.18. The van der Waals surface area contributed by atoms with Crippen LogP contribution in [0.4, 0.5) is 5.69 Å². The van der Waals surface area contributed by atoms with Gasteiger partial charge in [-0.15, -0.1) is 0 Å². The molecule has 0 saturated carbocycles. The second-order valence-electron chi connectivity index (χ2n) is 7.37. The van der Waals surface area contributed by atoms with E-state index in [0.29, 0.717) is 5.56 Å². The van der Waals surface area contributed by atoms with E-state index in [-0.39, 0.29) is 11.8 Å². The van der Waals surface area contributed by atoms with Gasteiger partial charge in [-0.3, -0.25) is 4.79 Å². The van der Waals surface area contributed by atoms with E-state index in [2.05, 4.69) is 17.4 Å². The molecule has 0 radical (unpaired) electrons. The lowest BCUT2D eigenvalue weighted by atomic mass is 9.95. The van der Waals surface area contributed by atoms with Gasteiger partial charge in [0, 0.05) is 16.8 Å². The molecule has 30 heavy (non-hydrogen) atoms. The topological polar surface area (TPSA) is 38.3 Å². The number of ether oxygens (including phenoxy) is 1. The summed E-state index contributed by atoms with van der Waals surface area (Å²) < 4.78 is 6.11. The highest BCUT2D eigenvalue weighted by atomic mass is 16.5. The van der Waals surface area contributed by atoms with Gasteiger partial charge in [0.2, 0.25) is 5.78 Å². The van der Waals surface area contributed by atoms with Gasteiger partial charge >= 0.3 is 0 Å². The minimum Gasteiger partial charge on any atom is -0.479 e. The molecule has 1 aliphatic heterocycles. The molecule has 1 aliphatic rings. The van der Waals surface area contributed by atoms with Crippen molar-refractivity contribution in [2.45, 2.75) is 12.1 Å². The van der Waals surface area contributed by atoms with E-state index in [1.807, 2.05) is 97.1 Å². The molecule has 0 bridgehead atoms. The summed E-state index contributed by atoms with van der Waals surface area (Å²) in [4.78, 5) is 13.4. The number of benzene rings is 4. The Morgan fingerprint density at radius 3 is 2.00 bits per heavy atom. The monoisotopic (exact) mass is 391 g/mol. The lowest BCUT2D eigenvalue weighted by Crippen LogP contribution is -2.33. The maximum atomic E-state index is 13.4. The van der Waals surface area contributed by atoms with Crippen LogP contribution in [0.15, 0.2) is 109 Å². The third-order valence-electron chi connectivity index (χ3n) is 5.44. The van der Waals surface area contributed by atoms with Gasteiger partial charge < -0.3 is 10.1 Å². The van der Waals surface area contributed by atoms with Crippen LogP contribution < -0.4 is 10.1 Å². The van der Waals surface area contributed by atoms with E-state index in [4.69, 9.17) is 4.74 Å². The molecular weight excluding hydrogens is 370 g/mol. The molecule has 1 N–H and O–H groups in total. The number of carbonyl (C=O) groups excluding carboxylic acids is 1. The van der Waals surface area contributed by atoms with Gasteiger partial charge in [-0.1, -0.05) is 91.0 Å².